The maximum absolute atomic E-state index is 14.1. The fourth-order valence-electron chi connectivity index (χ4n) is 10.2. The minimum absolute atomic E-state index is 0.297. The number of carbonyl (C=O) groups excluding carboxylic acids is 1. The van der Waals surface area contributed by atoms with E-state index < -0.39 is 12.0 Å². The maximum Gasteiger partial charge on any atom is 0.320 e. The summed E-state index contributed by atoms with van der Waals surface area (Å²) in [5, 5.41) is 10.6. The minimum Gasteiger partial charge on any atom is -0.480 e. The van der Waals surface area contributed by atoms with Crippen LogP contribution >= 0.6 is 0 Å². The molecule has 1 aliphatic rings. The lowest BCUT2D eigenvalue weighted by molar-refractivity contribution is -0.144. The standard InChI is InChI=1S/C57H114N4O3/c1-6-11-16-21-26-31-36-44-58(45-37-32-27-22-17-12-7-2)50-51-59(46-38-33-28-23-18-13-8-3)53-56(62)61-49-43-54(52-61)41-42-55(57(63)64)60(47-39-34-29-24-19-14-9-4)48-40-35-30-25-20-15-10-5/h54-55H,6-53H2,1-5H3,(H,63,64). The highest BCUT2D eigenvalue weighted by molar-refractivity contribution is 5.78. The third kappa shape index (κ3) is 35.0. The van der Waals surface area contributed by atoms with Gasteiger partial charge in [-0.2, -0.15) is 0 Å². The van der Waals surface area contributed by atoms with Crippen LogP contribution in [-0.4, -0.2) is 108 Å². The van der Waals surface area contributed by atoms with Gasteiger partial charge in [-0.15, -0.1) is 0 Å². The van der Waals surface area contributed by atoms with E-state index in [1.54, 1.807) is 0 Å². The second-order valence-electron chi connectivity index (χ2n) is 20.7. The lowest BCUT2D eigenvalue weighted by Crippen LogP contribution is -2.43. The number of carboxylic acid groups (broad SMARTS) is 1. The Labute approximate surface area is 400 Å². The van der Waals surface area contributed by atoms with Crippen LogP contribution in [-0.2, 0) is 9.59 Å². The molecule has 2 unspecified atom stereocenters. The van der Waals surface area contributed by atoms with Crippen molar-refractivity contribution in [2.24, 2.45) is 5.92 Å². The van der Waals surface area contributed by atoms with Gasteiger partial charge >= 0.3 is 5.97 Å². The molecule has 1 rings (SSSR count). The fourth-order valence-corrected chi connectivity index (χ4v) is 10.2. The lowest BCUT2D eigenvalue weighted by atomic mass is 9.97. The van der Waals surface area contributed by atoms with Gasteiger partial charge in [0.15, 0.2) is 0 Å². The Hall–Kier alpha value is -1.18. The molecule has 0 bridgehead atoms. The third-order valence-corrected chi connectivity index (χ3v) is 14.6. The van der Waals surface area contributed by atoms with Crippen LogP contribution in [0.3, 0.4) is 0 Å². The number of carboxylic acids is 1. The van der Waals surface area contributed by atoms with Gasteiger partial charge in [-0.05, 0) is 90.0 Å². The van der Waals surface area contributed by atoms with E-state index in [9.17, 15) is 14.7 Å². The van der Waals surface area contributed by atoms with Crippen LogP contribution in [0.15, 0.2) is 0 Å². The molecule has 2 atom stereocenters. The molecule has 0 radical (unpaired) electrons. The van der Waals surface area contributed by atoms with Gasteiger partial charge in [-0.25, -0.2) is 0 Å². The summed E-state index contributed by atoms with van der Waals surface area (Å²) in [6.45, 7) is 20.9. The zero-order chi connectivity index (χ0) is 46.6. The van der Waals surface area contributed by atoms with Gasteiger partial charge in [-0.1, -0.05) is 227 Å². The highest BCUT2D eigenvalue weighted by Gasteiger charge is 2.31. The molecule has 0 aromatic carbocycles. The topological polar surface area (TPSA) is 67.3 Å². The van der Waals surface area contributed by atoms with Crippen molar-refractivity contribution in [3.8, 4) is 0 Å². The predicted octanol–water partition coefficient (Wildman–Crippen LogP) is 15.7. The Morgan fingerprint density at radius 2 is 0.781 bits per heavy atom. The van der Waals surface area contributed by atoms with Gasteiger partial charge in [0.2, 0.25) is 5.91 Å². The van der Waals surface area contributed by atoms with Gasteiger partial charge in [0, 0.05) is 26.2 Å². The highest BCUT2D eigenvalue weighted by Crippen LogP contribution is 2.25. The molecule has 7 heteroatoms. The van der Waals surface area contributed by atoms with Gasteiger partial charge in [-0.3, -0.25) is 19.4 Å². The average molecular weight is 904 g/mol. The van der Waals surface area contributed by atoms with Crippen molar-refractivity contribution >= 4 is 11.9 Å². The van der Waals surface area contributed by atoms with Crippen LogP contribution in [0.25, 0.3) is 0 Å². The van der Waals surface area contributed by atoms with Gasteiger partial charge in [0.05, 0.1) is 6.54 Å². The van der Waals surface area contributed by atoms with E-state index in [-0.39, 0.29) is 0 Å². The van der Waals surface area contributed by atoms with Crippen molar-refractivity contribution in [1.29, 1.82) is 0 Å². The highest BCUT2D eigenvalue weighted by atomic mass is 16.4. The van der Waals surface area contributed by atoms with E-state index in [1.807, 2.05) is 0 Å². The van der Waals surface area contributed by atoms with Crippen molar-refractivity contribution in [2.75, 3.05) is 65.4 Å². The summed E-state index contributed by atoms with van der Waals surface area (Å²) in [7, 11) is 0. The van der Waals surface area contributed by atoms with Crippen molar-refractivity contribution in [3.05, 3.63) is 0 Å². The van der Waals surface area contributed by atoms with Gasteiger partial charge in [0.1, 0.15) is 6.04 Å². The number of carbonyl (C=O) groups is 2. The number of unbranched alkanes of at least 4 members (excludes halogenated alkanes) is 30. The number of rotatable bonds is 50. The third-order valence-electron chi connectivity index (χ3n) is 14.6. The summed E-state index contributed by atoms with van der Waals surface area (Å²) in [6, 6.07) is -0.410. The summed E-state index contributed by atoms with van der Waals surface area (Å²) >= 11 is 0. The van der Waals surface area contributed by atoms with Crippen LogP contribution in [0.4, 0.5) is 0 Å². The minimum atomic E-state index is -0.647. The first-order chi connectivity index (χ1) is 31.4. The largest absolute Gasteiger partial charge is 0.480 e. The molecular weight excluding hydrogens is 789 g/mol. The average Bonchev–Trinajstić information content (AvgIpc) is 3.77. The second kappa shape index (κ2) is 45.6. The van der Waals surface area contributed by atoms with E-state index in [0.717, 1.165) is 71.5 Å². The van der Waals surface area contributed by atoms with E-state index >= 15 is 0 Å². The summed E-state index contributed by atoms with van der Waals surface area (Å²) in [4.78, 5) is 36.7. The molecule has 1 saturated heterocycles. The monoisotopic (exact) mass is 903 g/mol. The molecule has 0 spiro atoms. The van der Waals surface area contributed by atoms with Crippen LogP contribution in [0.1, 0.15) is 279 Å². The number of amides is 1. The molecule has 64 heavy (non-hydrogen) atoms. The Kier molecular flexibility index (Phi) is 43.3. The molecule has 1 heterocycles. The number of aliphatic carboxylic acids is 1. The van der Waals surface area contributed by atoms with E-state index in [2.05, 4.69) is 54.2 Å². The molecule has 380 valence electrons. The number of hydrogen-bond acceptors (Lipinski definition) is 5. The normalized spacial score (nSPS) is 14.8. The molecule has 0 aliphatic carbocycles. The van der Waals surface area contributed by atoms with E-state index in [4.69, 9.17) is 0 Å². The van der Waals surface area contributed by atoms with Crippen LogP contribution in [0.5, 0.6) is 0 Å². The summed E-state index contributed by atoms with van der Waals surface area (Å²) in [6.07, 6.45) is 48.2. The van der Waals surface area contributed by atoms with Crippen LogP contribution < -0.4 is 0 Å². The fraction of sp³-hybridized carbons (Fsp3) is 0.965. The summed E-state index contributed by atoms with van der Waals surface area (Å²) in [5.41, 5.74) is 0. The Morgan fingerprint density at radius 3 is 1.16 bits per heavy atom. The molecular formula is C57H114N4O3. The van der Waals surface area contributed by atoms with E-state index in [1.165, 1.54) is 225 Å². The van der Waals surface area contributed by atoms with Crippen LogP contribution in [0, 0.1) is 5.92 Å². The molecule has 1 aliphatic heterocycles. The summed E-state index contributed by atoms with van der Waals surface area (Å²) < 4.78 is 0. The zero-order valence-corrected chi connectivity index (χ0v) is 44.1. The molecule has 1 fully saturated rings. The molecule has 0 saturated carbocycles. The second-order valence-corrected chi connectivity index (χ2v) is 20.7. The molecule has 1 N–H and O–H groups in total. The summed E-state index contributed by atoms with van der Waals surface area (Å²) in [5.74, 6) is 0.0528. The van der Waals surface area contributed by atoms with Crippen molar-refractivity contribution < 1.29 is 14.7 Å². The number of likely N-dealkylation sites (tertiary alicyclic amines) is 1. The molecule has 0 aromatic rings. The quantitative estimate of drug-likeness (QED) is 0.0614. The Morgan fingerprint density at radius 1 is 0.453 bits per heavy atom. The Bertz CT molecular complexity index is 975. The van der Waals surface area contributed by atoms with Crippen molar-refractivity contribution in [2.45, 2.75) is 285 Å². The maximum atomic E-state index is 14.1. The number of hydrogen-bond donors (Lipinski definition) is 1. The van der Waals surface area contributed by atoms with E-state index in [0.29, 0.717) is 24.8 Å². The smallest absolute Gasteiger partial charge is 0.320 e. The first-order valence-corrected chi connectivity index (χ1v) is 29.1. The first-order valence-electron chi connectivity index (χ1n) is 29.1. The Balaban J connectivity index is 2.86. The SMILES string of the molecule is CCCCCCCCCN(CCCCCCCCC)CCN(CCCCCCCCC)CC(=O)N1CCC(CCC(C(=O)O)N(CCCCCCCCC)CCCCCCCCC)C1. The zero-order valence-electron chi connectivity index (χ0n) is 44.1. The van der Waals surface area contributed by atoms with Crippen LogP contribution in [0.2, 0.25) is 0 Å². The number of nitrogens with zero attached hydrogens (tertiary/aromatic N) is 4. The van der Waals surface area contributed by atoms with Gasteiger partial charge < -0.3 is 14.9 Å². The first kappa shape index (κ1) is 60.8. The molecule has 7 nitrogen and oxygen atoms in total. The van der Waals surface area contributed by atoms with Crippen molar-refractivity contribution in [3.63, 3.8) is 0 Å². The lowest BCUT2D eigenvalue weighted by Gasteiger charge is -2.30. The van der Waals surface area contributed by atoms with Crippen molar-refractivity contribution in [1.82, 2.24) is 19.6 Å². The van der Waals surface area contributed by atoms with Gasteiger partial charge in [0.25, 0.3) is 0 Å². The molecule has 0 aromatic heterocycles. The predicted molar refractivity (Wildman–Crippen MR) is 280 cm³/mol. The molecule has 1 amide bonds.